The first-order valence-corrected chi connectivity index (χ1v) is 10.7. The Balaban J connectivity index is 1.57. The molecule has 33 heavy (non-hydrogen) atoms. The van der Waals surface area contributed by atoms with E-state index in [2.05, 4.69) is 10.4 Å². The Morgan fingerprint density at radius 2 is 1.73 bits per heavy atom. The third-order valence-corrected chi connectivity index (χ3v) is 5.54. The topological polar surface area (TPSA) is 80.4 Å². The Hall–Kier alpha value is -4.13. The van der Waals surface area contributed by atoms with E-state index in [0.717, 1.165) is 16.8 Å². The molecule has 0 fully saturated rings. The maximum atomic E-state index is 13.6. The highest BCUT2D eigenvalue weighted by Crippen LogP contribution is 2.18. The zero-order valence-corrected chi connectivity index (χ0v) is 18.7. The summed E-state index contributed by atoms with van der Waals surface area (Å²) >= 11 is 0. The minimum Gasteiger partial charge on any atom is -0.467 e. The third kappa shape index (κ3) is 5.20. The van der Waals surface area contributed by atoms with Crippen molar-refractivity contribution in [2.75, 3.05) is 7.05 Å². The van der Waals surface area contributed by atoms with Crippen LogP contribution in [0.15, 0.2) is 83.6 Å². The average Bonchev–Trinajstić information content (AvgIpc) is 3.49. The molecule has 7 nitrogen and oxygen atoms in total. The van der Waals surface area contributed by atoms with Gasteiger partial charge in [-0.15, -0.1) is 0 Å². The highest BCUT2D eigenvalue weighted by Gasteiger charge is 2.22. The zero-order chi connectivity index (χ0) is 23.2. The van der Waals surface area contributed by atoms with E-state index < -0.39 is 0 Å². The van der Waals surface area contributed by atoms with E-state index in [9.17, 15) is 9.59 Å². The predicted octanol–water partition coefficient (Wildman–Crippen LogP) is 4.04. The van der Waals surface area contributed by atoms with Crippen LogP contribution < -0.4 is 5.32 Å². The normalized spacial score (nSPS) is 10.7. The first-order chi connectivity index (χ1) is 16.0. The first-order valence-electron chi connectivity index (χ1n) is 10.7. The Morgan fingerprint density at radius 3 is 2.39 bits per heavy atom. The number of nitrogens with zero attached hydrogens (tertiary/aromatic N) is 3. The van der Waals surface area contributed by atoms with Crippen LogP contribution in [0.2, 0.25) is 0 Å². The van der Waals surface area contributed by atoms with Crippen molar-refractivity contribution in [3.05, 3.63) is 113 Å². The molecule has 0 aliphatic heterocycles. The van der Waals surface area contributed by atoms with Gasteiger partial charge in [0.1, 0.15) is 5.76 Å². The van der Waals surface area contributed by atoms with Crippen molar-refractivity contribution in [3.8, 4) is 0 Å². The van der Waals surface area contributed by atoms with Crippen molar-refractivity contribution < 1.29 is 14.0 Å². The lowest BCUT2D eigenvalue weighted by atomic mass is 10.1. The van der Waals surface area contributed by atoms with Crippen molar-refractivity contribution in [2.24, 2.45) is 0 Å². The number of furan rings is 1. The summed E-state index contributed by atoms with van der Waals surface area (Å²) < 4.78 is 7.34. The van der Waals surface area contributed by atoms with Crippen molar-refractivity contribution in [3.63, 3.8) is 0 Å². The van der Waals surface area contributed by atoms with Gasteiger partial charge in [-0.1, -0.05) is 42.5 Å². The number of carbonyl (C=O) groups is 2. The molecule has 7 heteroatoms. The number of amides is 2. The monoisotopic (exact) mass is 442 g/mol. The van der Waals surface area contributed by atoms with Crippen LogP contribution >= 0.6 is 0 Å². The van der Waals surface area contributed by atoms with Gasteiger partial charge in [-0.3, -0.25) is 14.3 Å². The van der Waals surface area contributed by atoms with Crippen LogP contribution in [0.3, 0.4) is 0 Å². The number of hydrogen-bond acceptors (Lipinski definition) is 4. The molecule has 2 amide bonds. The maximum absolute atomic E-state index is 13.6. The second-order valence-corrected chi connectivity index (χ2v) is 7.80. The predicted molar refractivity (Wildman–Crippen MR) is 125 cm³/mol. The molecule has 2 aromatic heterocycles. The Kier molecular flexibility index (Phi) is 6.69. The number of hydrogen-bond donors (Lipinski definition) is 1. The molecule has 0 aliphatic carbocycles. The quantitative estimate of drug-likeness (QED) is 0.447. The molecular weight excluding hydrogens is 416 g/mol. The van der Waals surface area contributed by atoms with E-state index in [-0.39, 0.29) is 11.8 Å². The van der Waals surface area contributed by atoms with Gasteiger partial charge in [0, 0.05) is 24.8 Å². The molecule has 168 valence electrons. The van der Waals surface area contributed by atoms with Crippen LogP contribution in [-0.4, -0.2) is 33.5 Å². The fourth-order valence-electron chi connectivity index (χ4n) is 3.66. The van der Waals surface area contributed by atoms with E-state index in [0.29, 0.717) is 36.5 Å². The SMILES string of the molecule is CNC(=O)c1ccc(CN(Cc2ccco2)C(=O)c2cnn(Cc3ccccc3)c2C)cc1. The van der Waals surface area contributed by atoms with E-state index in [1.165, 1.54) is 0 Å². The minimum atomic E-state index is -0.147. The van der Waals surface area contributed by atoms with Crippen LogP contribution in [0.25, 0.3) is 0 Å². The van der Waals surface area contributed by atoms with Crippen molar-refractivity contribution in [1.82, 2.24) is 20.0 Å². The maximum Gasteiger partial charge on any atom is 0.258 e. The summed E-state index contributed by atoms with van der Waals surface area (Å²) in [6.45, 7) is 3.20. The minimum absolute atomic E-state index is 0.126. The van der Waals surface area contributed by atoms with E-state index in [1.54, 1.807) is 42.6 Å². The average molecular weight is 443 g/mol. The molecule has 0 saturated carbocycles. The van der Waals surface area contributed by atoms with Gasteiger partial charge in [0.2, 0.25) is 0 Å². The van der Waals surface area contributed by atoms with Crippen LogP contribution in [0.4, 0.5) is 0 Å². The number of aromatic nitrogens is 2. The van der Waals surface area contributed by atoms with Gasteiger partial charge in [-0.2, -0.15) is 5.10 Å². The molecule has 2 heterocycles. The van der Waals surface area contributed by atoms with Gasteiger partial charge in [0.25, 0.3) is 11.8 Å². The number of benzene rings is 2. The lowest BCUT2D eigenvalue weighted by Gasteiger charge is -2.22. The van der Waals surface area contributed by atoms with Crippen LogP contribution in [0.5, 0.6) is 0 Å². The Morgan fingerprint density at radius 1 is 0.970 bits per heavy atom. The molecule has 0 bridgehead atoms. The van der Waals surface area contributed by atoms with Gasteiger partial charge in [-0.25, -0.2) is 0 Å². The molecule has 0 atom stereocenters. The highest BCUT2D eigenvalue weighted by molar-refractivity contribution is 5.95. The largest absolute Gasteiger partial charge is 0.467 e. The molecule has 4 rings (SSSR count). The van der Waals surface area contributed by atoms with Crippen LogP contribution in [0, 0.1) is 6.92 Å². The molecule has 0 saturated heterocycles. The van der Waals surface area contributed by atoms with Crippen LogP contribution in [-0.2, 0) is 19.6 Å². The van der Waals surface area contributed by atoms with Crippen molar-refractivity contribution in [2.45, 2.75) is 26.6 Å². The third-order valence-electron chi connectivity index (χ3n) is 5.54. The van der Waals surface area contributed by atoms with E-state index >= 15 is 0 Å². The summed E-state index contributed by atoms with van der Waals surface area (Å²) in [6.07, 6.45) is 3.23. The molecule has 4 aromatic rings. The lowest BCUT2D eigenvalue weighted by molar-refractivity contribution is 0.0716. The lowest BCUT2D eigenvalue weighted by Crippen LogP contribution is -2.30. The highest BCUT2D eigenvalue weighted by atomic mass is 16.3. The first kappa shape index (κ1) is 22.1. The summed E-state index contributed by atoms with van der Waals surface area (Å²) in [5, 5.41) is 7.07. The summed E-state index contributed by atoms with van der Waals surface area (Å²) in [5.74, 6) is 0.421. The fraction of sp³-hybridized carbons (Fsp3) is 0.192. The molecule has 1 N–H and O–H groups in total. The summed E-state index contributed by atoms with van der Waals surface area (Å²) in [7, 11) is 1.60. The second kappa shape index (κ2) is 9.99. The van der Waals surface area contributed by atoms with E-state index in [4.69, 9.17) is 4.42 Å². The molecule has 0 unspecified atom stereocenters. The number of carbonyl (C=O) groups excluding carboxylic acids is 2. The molecule has 0 spiro atoms. The standard InChI is InChI=1S/C26H26N4O3/c1-19-24(15-28-30(19)17-20-7-4-3-5-8-20)26(32)29(18-23-9-6-14-33-23)16-21-10-12-22(13-11-21)25(31)27-2/h3-15H,16-18H2,1-2H3,(H,27,31). The summed E-state index contributed by atoms with van der Waals surface area (Å²) in [5.41, 5.74) is 3.97. The molecule has 2 aromatic carbocycles. The summed E-state index contributed by atoms with van der Waals surface area (Å²) in [6, 6.07) is 20.9. The summed E-state index contributed by atoms with van der Waals surface area (Å²) in [4.78, 5) is 27.1. The number of rotatable bonds is 8. The van der Waals surface area contributed by atoms with Gasteiger partial charge in [0.15, 0.2) is 0 Å². The van der Waals surface area contributed by atoms with Crippen molar-refractivity contribution >= 4 is 11.8 Å². The molecule has 0 aliphatic rings. The second-order valence-electron chi connectivity index (χ2n) is 7.80. The van der Waals surface area contributed by atoms with Crippen molar-refractivity contribution in [1.29, 1.82) is 0 Å². The van der Waals surface area contributed by atoms with E-state index in [1.807, 2.05) is 60.1 Å². The molecular formula is C26H26N4O3. The Labute approximate surface area is 192 Å². The fourth-order valence-corrected chi connectivity index (χ4v) is 3.66. The van der Waals surface area contributed by atoms with Gasteiger partial charge < -0.3 is 14.6 Å². The Bertz CT molecular complexity index is 1210. The zero-order valence-electron chi connectivity index (χ0n) is 18.7. The van der Waals surface area contributed by atoms with Gasteiger partial charge in [-0.05, 0) is 42.3 Å². The van der Waals surface area contributed by atoms with Crippen LogP contribution in [0.1, 0.15) is 43.3 Å². The van der Waals surface area contributed by atoms with Gasteiger partial charge in [0.05, 0.1) is 31.1 Å². The van der Waals surface area contributed by atoms with Gasteiger partial charge >= 0.3 is 0 Å². The number of nitrogens with one attached hydrogen (secondary N) is 1. The molecule has 0 radical (unpaired) electrons. The smallest absolute Gasteiger partial charge is 0.258 e.